The van der Waals surface area contributed by atoms with Gasteiger partial charge in [0.25, 0.3) is 0 Å². The average Bonchev–Trinajstić information content (AvgIpc) is 2.80. The summed E-state index contributed by atoms with van der Waals surface area (Å²) in [6.45, 7) is 4.86. The van der Waals surface area contributed by atoms with E-state index in [2.05, 4.69) is 30.8 Å². The van der Waals surface area contributed by atoms with Crippen LogP contribution in [0.1, 0.15) is 30.7 Å². The Morgan fingerprint density at radius 1 is 1.03 bits per heavy atom. The molecule has 166 valence electrons. The Balaban J connectivity index is 1.32. The quantitative estimate of drug-likeness (QED) is 0.528. The Morgan fingerprint density at radius 3 is 2.58 bits per heavy atom. The van der Waals surface area contributed by atoms with Gasteiger partial charge in [-0.2, -0.15) is 0 Å². The molecule has 3 N–H and O–H groups in total. The summed E-state index contributed by atoms with van der Waals surface area (Å²) in [6.07, 6.45) is 3.02. The fourth-order valence-electron chi connectivity index (χ4n) is 3.31. The molecule has 0 saturated carbocycles. The molecule has 31 heavy (non-hydrogen) atoms. The van der Waals surface area contributed by atoms with Crippen LogP contribution in [-0.4, -0.2) is 54.7 Å². The van der Waals surface area contributed by atoms with Crippen LogP contribution < -0.4 is 20.9 Å². The minimum atomic E-state index is -0.626. The summed E-state index contributed by atoms with van der Waals surface area (Å²) < 4.78 is 5.07. The highest BCUT2D eigenvalue weighted by molar-refractivity contribution is 5.82. The number of piperidine rings is 1. The number of amides is 2. The standard InChI is InChI=1S/C22H30N6O3/c1-17-26-19(14-20(27-17)28-12-6-3-7-13-28)23-10-11-24-21(29)15-25-22(30)31-16-18-8-4-2-5-9-18/h2,4-5,8-9,14H,3,6-7,10-13,15-16H2,1H3,(H,24,29)(H,25,30)(H,23,26,27). The SMILES string of the molecule is Cc1nc(NCCNC(=O)CNC(=O)OCc2ccccc2)cc(N2CCCCC2)n1. The smallest absolute Gasteiger partial charge is 0.407 e. The lowest BCUT2D eigenvalue weighted by atomic mass is 10.1. The lowest BCUT2D eigenvalue weighted by molar-refractivity contribution is -0.120. The van der Waals surface area contributed by atoms with Crippen molar-refractivity contribution in [2.24, 2.45) is 0 Å². The van der Waals surface area contributed by atoms with Crippen molar-refractivity contribution in [3.05, 3.63) is 47.8 Å². The van der Waals surface area contributed by atoms with E-state index < -0.39 is 6.09 Å². The van der Waals surface area contributed by atoms with Gasteiger partial charge in [-0.3, -0.25) is 4.79 Å². The van der Waals surface area contributed by atoms with Gasteiger partial charge in [0.15, 0.2) is 0 Å². The van der Waals surface area contributed by atoms with Crippen LogP contribution in [0.2, 0.25) is 0 Å². The maximum atomic E-state index is 11.9. The number of aromatic nitrogens is 2. The number of ether oxygens (including phenoxy) is 1. The maximum Gasteiger partial charge on any atom is 0.407 e. The summed E-state index contributed by atoms with van der Waals surface area (Å²) in [4.78, 5) is 34.8. The first-order valence-electron chi connectivity index (χ1n) is 10.7. The highest BCUT2D eigenvalue weighted by Gasteiger charge is 2.14. The van der Waals surface area contributed by atoms with Crippen molar-refractivity contribution in [3.63, 3.8) is 0 Å². The number of carbonyl (C=O) groups excluding carboxylic acids is 2. The molecular formula is C22H30N6O3. The van der Waals surface area contributed by atoms with E-state index in [0.29, 0.717) is 18.9 Å². The molecule has 1 saturated heterocycles. The molecule has 1 aliphatic rings. The summed E-state index contributed by atoms with van der Waals surface area (Å²) in [7, 11) is 0. The van der Waals surface area contributed by atoms with Crippen LogP contribution in [0, 0.1) is 6.92 Å². The molecule has 1 fully saturated rings. The monoisotopic (exact) mass is 426 g/mol. The number of carbonyl (C=O) groups is 2. The van der Waals surface area contributed by atoms with Crippen LogP contribution in [0.4, 0.5) is 16.4 Å². The Kier molecular flexibility index (Phi) is 8.45. The minimum absolute atomic E-state index is 0.140. The number of aryl methyl sites for hydroxylation is 1. The molecule has 2 heterocycles. The molecule has 9 heteroatoms. The fraction of sp³-hybridized carbons (Fsp3) is 0.455. The van der Waals surface area contributed by atoms with Crippen LogP contribution in [0.3, 0.4) is 0 Å². The summed E-state index contributed by atoms with van der Waals surface area (Å²) in [6, 6.07) is 11.3. The zero-order chi connectivity index (χ0) is 21.9. The predicted octanol–water partition coefficient (Wildman–Crippen LogP) is 2.23. The number of anilines is 2. The second-order valence-electron chi connectivity index (χ2n) is 7.40. The highest BCUT2D eigenvalue weighted by Crippen LogP contribution is 2.20. The van der Waals surface area contributed by atoms with Crippen LogP contribution >= 0.6 is 0 Å². The average molecular weight is 427 g/mol. The van der Waals surface area contributed by atoms with Gasteiger partial charge in [-0.1, -0.05) is 30.3 Å². The van der Waals surface area contributed by atoms with E-state index in [1.807, 2.05) is 43.3 Å². The molecule has 1 aromatic heterocycles. The Bertz CT molecular complexity index is 856. The van der Waals surface area contributed by atoms with Gasteiger partial charge in [0, 0.05) is 32.2 Å². The van der Waals surface area contributed by atoms with Crippen LogP contribution in [0.25, 0.3) is 0 Å². The predicted molar refractivity (Wildman–Crippen MR) is 119 cm³/mol. The van der Waals surface area contributed by atoms with Crippen molar-refractivity contribution in [2.45, 2.75) is 32.8 Å². The molecule has 3 rings (SSSR count). The third-order valence-corrected chi connectivity index (χ3v) is 4.86. The van der Waals surface area contributed by atoms with E-state index >= 15 is 0 Å². The van der Waals surface area contributed by atoms with Crippen molar-refractivity contribution in [1.29, 1.82) is 0 Å². The Labute approximate surface area is 182 Å². The third kappa shape index (κ3) is 7.76. The zero-order valence-electron chi connectivity index (χ0n) is 17.9. The number of rotatable bonds is 9. The van der Waals surface area contributed by atoms with Gasteiger partial charge in [0.1, 0.15) is 24.1 Å². The van der Waals surface area contributed by atoms with E-state index in [1.165, 1.54) is 19.3 Å². The molecule has 0 atom stereocenters. The van der Waals surface area contributed by atoms with Crippen molar-refractivity contribution in [2.75, 3.05) is 42.9 Å². The second-order valence-corrected chi connectivity index (χ2v) is 7.40. The lowest BCUT2D eigenvalue weighted by Gasteiger charge is -2.28. The van der Waals surface area contributed by atoms with Crippen LogP contribution in [0.15, 0.2) is 36.4 Å². The second kappa shape index (κ2) is 11.7. The van der Waals surface area contributed by atoms with Crippen LogP contribution in [0.5, 0.6) is 0 Å². The molecule has 1 aromatic carbocycles. The number of hydrogen-bond acceptors (Lipinski definition) is 7. The molecule has 0 aliphatic carbocycles. The van der Waals surface area contributed by atoms with E-state index in [1.54, 1.807) is 0 Å². The molecule has 9 nitrogen and oxygen atoms in total. The molecule has 1 aliphatic heterocycles. The van der Waals surface area contributed by atoms with Gasteiger partial charge < -0.3 is 25.6 Å². The van der Waals surface area contributed by atoms with Gasteiger partial charge in [-0.05, 0) is 31.7 Å². The van der Waals surface area contributed by atoms with Crippen molar-refractivity contribution >= 4 is 23.6 Å². The summed E-state index contributed by atoms with van der Waals surface area (Å²) in [5.74, 6) is 2.11. The molecule has 0 spiro atoms. The van der Waals surface area contributed by atoms with E-state index in [4.69, 9.17) is 4.74 Å². The summed E-state index contributed by atoms with van der Waals surface area (Å²) in [5.41, 5.74) is 0.886. The maximum absolute atomic E-state index is 11.9. The molecule has 0 bridgehead atoms. The summed E-state index contributed by atoms with van der Waals surface area (Å²) >= 11 is 0. The largest absolute Gasteiger partial charge is 0.445 e. The molecule has 0 unspecified atom stereocenters. The molecule has 0 radical (unpaired) electrons. The number of hydrogen-bond donors (Lipinski definition) is 3. The third-order valence-electron chi connectivity index (χ3n) is 4.86. The van der Waals surface area contributed by atoms with Crippen molar-refractivity contribution in [3.8, 4) is 0 Å². The fourth-order valence-corrected chi connectivity index (χ4v) is 3.31. The first kappa shape index (κ1) is 22.3. The molecular weight excluding hydrogens is 396 g/mol. The van der Waals surface area contributed by atoms with Gasteiger partial charge >= 0.3 is 6.09 Å². The zero-order valence-corrected chi connectivity index (χ0v) is 17.9. The van der Waals surface area contributed by atoms with Gasteiger partial charge in [0.05, 0.1) is 6.54 Å². The van der Waals surface area contributed by atoms with Crippen molar-refractivity contribution in [1.82, 2.24) is 20.6 Å². The van der Waals surface area contributed by atoms with Gasteiger partial charge in [-0.25, -0.2) is 14.8 Å². The van der Waals surface area contributed by atoms with Crippen molar-refractivity contribution < 1.29 is 14.3 Å². The highest BCUT2D eigenvalue weighted by atomic mass is 16.5. The van der Waals surface area contributed by atoms with E-state index in [0.717, 1.165) is 30.3 Å². The van der Waals surface area contributed by atoms with E-state index in [-0.39, 0.29) is 19.1 Å². The lowest BCUT2D eigenvalue weighted by Crippen LogP contribution is -2.38. The number of nitrogens with zero attached hydrogens (tertiary/aromatic N) is 3. The number of nitrogens with one attached hydrogen (secondary N) is 3. The first-order valence-corrected chi connectivity index (χ1v) is 10.7. The first-order chi connectivity index (χ1) is 15.1. The van der Waals surface area contributed by atoms with Gasteiger partial charge in [0.2, 0.25) is 5.91 Å². The molecule has 2 amide bonds. The molecule has 2 aromatic rings. The minimum Gasteiger partial charge on any atom is -0.445 e. The summed E-state index contributed by atoms with van der Waals surface area (Å²) in [5, 5.41) is 8.41. The normalized spacial score (nSPS) is 13.4. The van der Waals surface area contributed by atoms with Crippen LogP contribution in [-0.2, 0) is 16.1 Å². The van der Waals surface area contributed by atoms with E-state index in [9.17, 15) is 9.59 Å². The number of benzene rings is 1. The number of alkyl carbamates (subject to hydrolysis) is 1. The Morgan fingerprint density at radius 2 is 1.81 bits per heavy atom. The topological polar surface area (TPSA) is 108 Å². The van der Waals surface area contributed by atoms with Gasteiger partial charge in [-0.15, -0.1) is 0 Å². The Hall–Kier alpha value is -3.36.